The van der Waals surface area contributed by atoms with E-state index in [-0.39, 0.29) is 0 Å². The number of aromatic nitrogens is 2. The third-order valence-corrected chi connectivity index (χ3v) is 5.08. The molecule has 20 heavy (non-hydrogen) atoms. The van der Waals surface area contributed by atoms with E-state index in [2.05, 4.69) is 15.3 Å². The van der Waals surface area contributed by atoms with E-state index in [4.69, 9.17) is 5.73 Å². The van der Waals surface area contributed by atoms with Crippen molar-refractivity contribution in [3.05, 3.63) is 24.5 Å². The minimum absolute atomic E-state index is 0.760. The summed E-state index contributed by atoms with van der Waals surface area (Å²) in [5.74, 6) is 3.67. The molecule has 1 aromatic carbocycles. The SMILES string of the molecule is Nc1ccc2ncnc(NCC3CC4CCC3C4)c2c1. The van der Waals surface area contributed by atoms with E-state index in [1.54, 1.807) is 6.33 Å². The maximum Gasteiger partial charge on any atom is 0.137 e. The molecule has 1 heterocycles. The Kier molecular flexibility index (Phi) is 2.76. The maximum atomic E-state index is 5.88. The fourth-order valence-corrected chi connectivity index (χ4v) is 4.07. The van der Waals surface area contributed by atoms with Crippen LogP contribution in [0, 0.1) is 17.8 Å². The van der Waals surface area contributed by atoms with Crippen LogP contribution in [0.1, 0.15) is 25.7 Å². The highest BCUT2D eigenvalue weighted by atomic mass is 15.0. The second-order valence-electron chi connectivity index (χ2n) is 6.31. The highest BCUT2D eigenvalue weighted by Gasteiger charge is 2.39. The number of benzene rings is 1. The molecule has 3 atom stereocenters. The Balaban J connectivity index is 1.55. The van der Waals surface area contributed by atoms with Crippen molar-refractivity contribution >= 4 is 22.4 Å². The van der Waals surface area contributed by atoms with Gasteiger partial charge in [0.2, 0.25) is 0 Å². The van der Waals surface area contributed by atoms with Crippen LogP contribution in [-0.4, -0.2) is 16.5 Å². The van der Waals surface area contributed by atoms with Crippen molar-refractivity contribution in [3.63, 3.8) is 0 Å². The number of hydrogen-bond donors (Lipinski definition) is 2. The minimum Gasteiger partial charge on any atom is -0.399 e. The molecular weight excluding hydrogens is 248 g/mol. The zero-order chi connectivity index (χ0) is 13.5. The smallest absolute Gasteiger partial charge is 0.137 e. The summed E-state index contributed by atoms with van der Waals surface area (Å²) in [5.41, 5.74) is 7.59. The number of nitrogens with zero attached hydrogens (tertiary/aromatic N) is 2. The van der Waals surface area contributed by atoms with Gasteiger partial charge in [-0.1, -0.05) is 6.42 Å². The van der Waals surface area contributed by atoms with Crippen molar-refractivity contribution in [3.8, 4) is 0 Å². The van der Waals surface area contributed by atoms with Crippen LogP contribution in [0.5, 0.6) is 0 Å². The Morgan fingerprint density at radius 3 is 2.95 bits per heavy atom. The molecule has 4 nitrogen and oxygen atoms in total. The number of nitrogen functional groups attached to an aromatic ring is 1. The lowest BCUT2D eigenvalue weighted by Gasteiger charge is -2.22. The van der Waals surface area contributed by atoms with Gasteiger partial charge in [0.05, 0.1) is 5.52 Å². The molecular formula is C16H20N4. The summed E-state index contributed by atoms with van der Waals surface area (Å²) in [6.45, 7) is 1.03. The van der Waals surface area contributed by atoms with Gasteiger partial charge in [0.15, 0.2) is 0 Å². The summed E-state index contributed by atoms with van der Waals surface area (Å²) in [6, 6.07) is 5.79. The molecule has 104 valence electrons. The highest BCUT2D eigenvalue weighted by molar-refractivity contribution is 5.91. The molecule has 0 spiro atoms. The summed E-state index contributed by atoms with van der Waals surface area (Å²) in [4.78, 5) is 8.69. The van der Waals surface area contributed by atoms with E-state index in [1.807, 2.05) is 18.2 Å². The van der Waals surface area contributed by atoms with Crippen LogP contribution in [0.25, 0.3) is 10.9 Å². The van der Waals surface area contributed by atoms with Crippen LogP contribution in [0.3, 0.4) is 0 Å². The standard InChI is InChI=1S/C16H20N4/c17-13-3-4-15-14(7-13)16(20-9-19-15)18-8-12-6-10-1-2-11(12)5-10/h3-4,7,9-12H,1-2,5-6,8,17H2,(H,18,19,20). The van der Waals surface area contributed by atoms with E-state index >= 15 is 0 Å². The van der Waals surface area contributed by atoms with E-state index in [0.29, 0.717) is 0 Å². The molecule has 0 amide bonds. The number of rotatable bonds is 3. The highest BCUT2D eigenvalue weighted by Crippen LogP contribution is 2.48. The Labute approximate surface area is 118 Å². The van der Waals surface area contributed by atoms with Crippen LogP contribution < -0.4 is 11.1 Å². The van der Waals surface area contributed by atoms with E-state index < -0.39 is 0 Å². The summed E-state index contributed by atoms with van der Waals surface area (Å²) >= 11 is 0. The van der Waals surface area contributed by atoms with Crippen molar-refractivity contribution in [2.45, 2.75) is 25.7 Å². The van der Waals surface area contributed by atoms with Crippen molar-refractivity contribution in [2.24, 2.45) is 17.8 Å². The van der Waals surface area contributed by atoms with Gasteiger partial charge in [-0.3, -0.25) is 0 Å². The molecule has 3 unspecified atom stereocenters. The molecule has 0 radical (unpaired) electrons. The van der Waals surface area contributed by atoms with Gasteiger partial charge >= 0.3 is 0 Å². The lowest BCUT2D eigenvalue weighted by molar-refractivity contribution is 0.348. The lowest BCUT2D eigenvalue weighted by atomic mass is 9.89. The number of hydrogen-bond acceptors (Lipinski definition) is 4. The predicted octanol–water partition coefficient (Wildman–Crippen LogP) is 3.06. The fraction of sp³-hybridized carbons (Fsp3) is 0.500. The van der Waals surface area contributed by atoms with E-state index in [1.165, 1.54) is 25.7 Å². The molecule has 3 N–H and O–H groups in total. The number of nitrogens with one attached hydrogen (secondary N) is 1. The van der Waals surface area contributed by atoms with Crippen LogP contribution in [0.2, 0.25) is 0 Å². The second kappa shape index (κ2) is 4.62. The van der Waals surface area contributed by atoms with Gasteiger partial charge < -0.3 is 11.1 Å². The van der Waals surface area contributed by atoms with Crippen LogP contribution in [0.4, 0.5) is 11.5 Å². The van der Waals surface area contributed by atoms with Gasteiger partial charge in [-0.25, -0.2) is 9.97 Å². The molecule has 0 saturated heterocycles. The van der Waals surface area contributed by atoms with Gasteiger partial charge in [0.25, 0.3) is 0 Å². The monoisotopic (exact) mass is 268 g/mol. The van der Waals surface area contributed by atoms with Gasteiger partial charge in [-0.15, -0.1) is 0 Å². The zero-order valence-electron chi connectivity index (χ0n) is 11.5. The first-order valence-corrected chi connectivity index (χ1v) is 7.53. The Morgan fingerprint density at radius 1 is 1.20 bits per heavy atom. The minimum atomic E-state index is 0.760. The normalized spacial score (nSPS) is 28.1. The molecule has 1 aromatic heterocycles. The third kappa shape index (κ3) is 1.99. The molecule has 2 fully saturated rings. The van der Waals surface area contributed by atoms with Gasteiger partial charge in [0.1, 0.15) is 12.1 Å². The maximum absolute atomic E-state index is 5.88. The molecule has 0 aliphatic heterocycles. The molecule has 2 aliphatic carbocycles. The number of fused-ring (bicyclic) bond motifs is 3. The molecule has 4 rings (SSSR count). The van der Waals surface area contributed by atoms with Crippen molar-refractivity contribution in [2.75, 3.05) is 17.6 Å². The van der Waals surface area contributed by atoms with Gasteiger partial charge in [-0.2, -0.15) is 0 Å². The van der Waals surface area contributed by atoms with Gasteiger partial charge in [-0.05, 0) is 55.2 Å². The third-order valence-electron chi connectivity index (χ3n) is 5.08. The van der Waals surface area contributed by atoms with Gasteiger partial charge in [0, 0.05) is 17.6 Å². The predicted molar refractivity (Wildman–Crippen MR) is 81.4 cm³/mol. The van der Waals surface area contributed by atoms with Crippen molar-refractivity contribution in [1.82, 2.24) is 9.97 Å². The summed E-state index contributed by atoms with van der Waals surface area (Å²) < 4.78 is 0. The topological polar surface area (TPSA) is 63.8 Å². The lowest BCUT2D eigenvalue weighted by Crippen LogP contribution is -2.20. The summed E-state index contributed by atoms with van der Waals surface area (Å²) in [7, 11) is 0. The Morgan fingerprint density at radius 2 is 2.15 bits per heavy atom. The fourth-order valence-electron chi connectivity index (χ4n) is 4.07. The van der Waals surface area contributed by atoms with Crippen LogP contribution in [-0.2, 0) is 0 Å². The average Bonchev–Trinajstić information content (AvgIpc) is 3.07. The number of nitrogens with two attached hydrogens (primary N) is 1. The van der Waals surface area contributed by atoms with Crippen molar-refractivity contribution < 1.29 is 0 Å². The van der Waals surface area contributed by atoms with E-state index in [9.17, 15) is 0 Å². The molecule has 2 bridgehead atoms. The van der Waals surface area contributed by atoms with E-state index in [0.717, 1.165) is 46.7 Å². The molecule has 2 saturated carbocycles. The molecule has 4 heteroatoms. The Bertz CT molecular complexity index is 639. The van der Waals surface area contributed by atoms with Crippen LogP contribution in [0.15, 0.2) is 24.5 Å². The summed E-state index contributed by atoms with van der Waals surface area (Å²) in [5, 5.41) is 4.56. The first-order valence-electron chi connectivity index (χ1n) is 7.53. The van der Waals surface area contributed by atoms with Crippen molar-refractivity contribution in [1.29, 1.82) is 0 Å². The zero-order valence-corrected chi connectivity index (χ0v) is 11.5. The Hall–Kier alpha value is -1.84. The average molecular weight is 268 g/mol. The number of anilines is 2. The summed E-state index contributed by atoms with van der Waals surface area (Å²) in [6.07, 6.45) is 7.34. The molecule has 2 aliphatic rings. The first kappa shape index (κ1) is 11.9. The quantitative estimate of drug-likeness (QED) is 0.840. The van der Waals surface area contributed by atoms with Crippen LogP contribution >= 0.6 is 0 Å². The second-order valence-corrected chi connectivity index (χ2v) is 6.31. The molecule has 2 aromatic rings. The largest absolute Gasteiger partial charge is 0.399 e. The first-order chi connectivity index (χ1) is 9.79.